The van der Waals surface area contributed by atoms with Crippen molar-refractivity contribution in [1.82, 2.24) is 15.0 Å². The minimum atomic E-state index is -0.00939. The Morgan fingerprint density at radius 3 is 3.00 bits per heavy atom. The van der Waals surface area contributed by atoms with E-state index < -0.39 is 0 Å². The lowest BCUT2D eigenvalue weighted by Crippen LogP contribution is -2.39. The van der Waals surface area contributed by atoms with Gasteiger partial charge in [0.15, 0.2) is 5.82 Å². The molecule has 0 spiro atoms. The van der Waals surface area contributed by atoms with Crippen molar-refractivity contribution in [2.75, 3.05) is 26.9 Å². The van der Waals surface area contributed by atoms with Gasteiger partial charge in [0.25, 0.3) is 0 Å². The van der Waals surface area contributed by atoms with Gasteiger partial charge < -0.3 is 14.0 Å². The summed E-state index contributed by atoms with van der Waals surface area (Å²) in [4.78, 5) is 6.62. The highest BCUT2D eigenvalue weighted by atomic mass is 16.5. The molecule has 6 heteroatoms. The quantitative estimate of drug-likeness (QED) is 0.857. The van der Waals surface area contributed by atoms with E-state index in [0.717, 1.165) is 24.4 Å². The van der Waals surface area contributed by atoms with E-state index in [0.29, 0.717) is 24.9 Å². The van der Waals surface area contributed by atoms with Crippen molar-refractivity contribution in [2.24, 2.45) is 0 Å². The molecule has 0 N–H and O–H groups in total. The molecule has 2 heterocycles. The molecular weight excluding hydrogens is 270 g/mol. The first kappa shape index (κ1) is 14.0. The maximum atomic E-state index is 5.57. The minimum Gasteiger partial charge on any atom is -0.496 e. The van der Waals surface area contributed by atoms with Gasteiger partial charge in [-0.25, -0.2) is 0 Å². The maximum Gasteiger partial charge on any atom is 0.246 e. The van der Waals surface area contributed by atoms with E-state index >= 15 is 0 Å². The standard InChI is InChI=1S/C15H19N3O3/c1-11-16-15(21-17-11)13-10-20-8-7-18(13)9-12-5-3-4-6-14(12)19-2/h3-6,13H,7-10H2,1-2H3. The van der Waals surface area contributed by atoms with Crippen LogP contribution in [0, 0.1) is 6.92 Å². The zero-order valence-electron chi connectivity index (χ0n) is 12.3. The first-order valence-corrected chi connectivity index (χ1v) is 7.02. The highest BCUT2D eigenvalue weighted by molar-refractivity contribution is 5.33. The number of aromatic nitrogens is 2. The number of aryl methyl sites for hydroxylation is 1. The lowest BCUT2D eigenvalue weighted by molar-refractivity contribution is -0.0243. The molecule has 1 saturated heterocycles. The summed E-state index contributed by atoms with van der Waals surface area (Å²) in [7, 11) is 1.69. The van der Waals surface area contributed by atoms with Crippen LogP contribution in [0.2, 0.25) is 0 Å². The van der Waals surface area contributed by atoms with Gasteiger partial charge in [-0.2, -0.15) is 4.98 Å². The maximum absolute atomic E-state index is 5.57. The number of ether oxygens (including phenoxy) is 2. The molecule has 2 aromatic rings. The van der Waals surface area contributed by atoms with Gasteiger partial charge in [0.2, 0.25) is 5.89 Å². The van der Waals surface area contributed by atoms with E-state index in [-0.39, 0.29) is 6.04 Å². The first-order valence-electron chi connectivity index (χ1n) is 7.02. The number of hydrogen-bond donors (Lipinski definition) is 0. The molecule has 1 fully saturated rings. The molecule has 0 bridgehead atoms. The Morgan fingerprint density at radius 2 is 2.24 bits per heavy atom. The van der Waals surface area contributed by atoms with E-state index in [9.17, 15) is 0 Å². The Labute approximate surface area is 123 Å². The van der Waals surface area contributed by atoms with E-state index in [1.807, 2.05) is 25.1 Å². The van der Waals surface area contributed by atoms with Crippen molar-refractivity contribution in [3.8, 4) is 5.75 Å². The monoisotopic (exact) mass is 289 g/mol. The van der Waals surface area contributed by atoms with Gasteiger partial charge in [0.05, 0.1) is 20.3 Å². The summed E-state index contributed by atoms with van der Waals surface area (Å²) in [6, 6.07) is 8.03. The highest BCUT2D eigenvalue weighted by Crippen LogP contribution is 2.27. The second-order valence-electron chi connectivity index (χ2n) is 5.05. The van der Waals surface area contributed by atoms with Gasteiger partial charge in [-0.1, -0.05) is 23.4 Å². The van der Waals surface area contributed by atoms with Crippen molar-refractivity contribution in [3.05, 3.63) is 41.5 Å². The van der Waals surface area contributed by atoms with Gasteiger partial charge in [-0.3, -0.25) is 4.90 Å². The van der Waals surface area contributed by atoms with Crippen LogP contribution in [0.15, 0.2) is 28.8 Å². The Bertz CT molecular complexity index is 599. The van der Waals surface area contributed by atoms with Crippen molar-refractivity contribution in [1.29, 1.82) is 0 Å². The predicted octanol–water partition coefficient (Wildman–Crippen LogP) is 1.96. The second kappa shape index (κ2) is 6.24. The summed E-state index contributed by atoms with van der Waals surface area (Å²) in [6.07, 6.45) is 0. The van der Waals surface area contributed by atoms with Crippen LogP contribution >= 0.6 is 0 Å². The summed E-state index contributed by atoms with van der Waals surface area (Å²) in [6.45, 7) is 4.68. The van der Waals surface area contributed by atoms with Crippen LogP contribution in [0.3, 0.4) is 0 Å². The molecule has 1 aromatic heterocycles. The molecule has 6 nitrogen and oxygen atoms in total. The smallest absolute Gasteiger partial charge is 0.246 e. The Kier molecular flexibility index (Phi) is 4.17. The molecule has 0 radical (unpaired) electrons. The topological polar surface area (TPSA) is 60.6 Å². The summed E-state index contributed by atoms with van der Waals surface area (Å²) < 4.78 is 16.3. The fraction of sp³-hybridized carbons (Fsp3) is 0.467. The van der Waals surface area contributed by atoms with Crippen LogP contribution in [0.1, 0.15) is 23.3 Å². The molecule has 0 aliphatic carbocycles. The van der Waals surface area contributed by atoms with Crippen molar-refractivity contribution >= 4 is 0 Å². The predicted molar refractivity (Wildman–Crippen MR) is 76.0 cm³/mol. The van der Waals surface area contributed by atoms with Gasteiger partial charge in [0, 0.05) is 18.7 Å². The third kappa shape index (κ3) is 3.06. The molecule has 3 rings (SSSR count). The molecule has 1 atom stereocenters. The van der Waals surface area contributed by atoms with Crippen LogP contribution in [0.4, 0.5) is 0 Å². The number of hydrogen-bond acceptors (Lipinski definition) is 6. The minimum absolute atomic E-state index is 0.00939. The average molecular weight is 289 g/mol. The van der Waals surface area contributed by atoms with Crippen LogP contribution < -0.4 is 4.74 Å². The normalized spacial score (nSPS) is 19.6. The zero-order valence-corrected chi connectivity index (χ0v) is 12.3. The van der Waals surface area contributed by atoms with Crippen molar-refractivity contribution in [3.63, 3.8) is 0 Å². The molecule has 1 aliphatic rings. The van der Waals surface area contributed by atoms with E-state index in [1.54, 1.807) is 7.11 Å². The molecule has 112 valence electrons. The van der Waals surface area contributed by atoms with Gasteiger partial charge >= 0.3 is 0 Å². The molecule has 1 aliphatic heterocycles. The number of methoxy groups -OCH3 is 1. The molecule has 21 heavy (non-hydrogen) atoms. The fourth-order valence-electron chi connectivity index (χ4n) is 2.56. The van der Waals surface area contributed by atoms with Gasteiger partial charge in [-0.05, 0) is 13.0 Å². The van der Waals surface area contributed by atoms with E-state index in [1.165, 1.54) is 0 Å². The zero-order chi connectivity index (χ0) is 14.7. The lowest BCUT2D eigenvalue weighted by atomic mass is 10.1. The Hall–Kier alpha value is -1.92. The number of morpholine rings is 1. The molecular formula is C15H19N3O3. The fourth-order valence-corrected chi connectivity index (χ4v) is 2.56. The van der Waals surface area contributed by atoms with Gasteiger partial charge in [0.1, 0.15) is 11.8 Å². The lowest BCUT2D eigenvalue weighted by Gasteiger charge is -2.33. The summed E-state index contributed by atoms with van der Waals surface area (Å²) in [5.74, 6) is 2.15. The Morgan fingerprint density at radius 1 is 1.38 bits per heavy atom. The third-order valence-electron chi connectivity index (χ3n) is 3.63. The molecule has 1 unspecified atom stereocenters. The van der Waals surface area contributed by atoms with Crippen LogP contribution in [-0.2, 0) is 11.3 Å². The average Bonchev–Trinajstić information content (AvgIpc) is 2.95. The van der Waals surface area contributed by atoms with Crippen LogP contribution in [0.5, 0.6) is 5.75 Å². The van der Waals surface area contributed by atoms with Crippen LogP contribution in [-0.4, -0.2) is 41.9 Å². The van der Waals surface area contributed by atoms with E-state index in [2.05, 4.69) is 21.1 Å². The van der Waals surface area contributed by atoms with Crippen molar-refractivity contribution in [2.45, 2.75) is 19.5 Å². The molecule has 0 amide bonds. The summed E-state index contributed by atoms with van der Waals surface area (Å²) >= 11 is 0. The molecule has 1 aromatic carbocycles. The number of benzene rings is 1. The van der Waals surface area contributed by atoms with Crippen molar-refractivity contribution < 1.29 is 14.0 Å². The summed E-state index contributed by atoms with van der Waals surface area (Å²) in [5.41, 5.74) is 1.14. The summed E-state index contributed by atoms with van der Waals surface area (Å²) in [5, 5.41) is 3.87. The first-order chi connectivity index (χ1) is 10.3. The molecule has 0 saturated carbocycles. The SMILES string of the molecule is COc1ccccc1CN1CCOCC1c1nc(C)no1. The second-order valence-corrected chi connectivity index (χ2v) is 5.05. The van der Waals surface area contributed by atoms with Gasteiger partial charge in [-0.15, -0.1) is 0 Å². The highest BCUT2D eigenvalue weighted by Gasteiger charge is 2.29. The Balaban J connectivity index is 1.81. The number of nitrogens with zero attached hydrogens (tertiary/aromatic N) is 3. The number of rotatable bonds is 4. The third-order valence-corrected chi connectivity index (χ3v) is 3.63. The number of para-hydroxylation sites is 1. The van der Waals surface area contributed by atoms with Crippen LogP contribution in [0.25, 0.3) is 0 Å². The largest absolute Gasteiger partial charge is 0.496 e. The van der Waals surface area contributed by atoms with E-state index in [4.69, 9.17) is 14.0 Å².